The second-order valence-electron chi connectivity index (χ2n) is 6.83. The van der Waals surface area contributed by atoms with Gasteiger partial charge in [0.15, 0.2) is 5.82 Å². The van der Waals surface area contributed by atoms with E-state index >= 15 is 0 Å². The van der Waals surface area contributed by atoms with Crippen LogP contribution in [0.25, 0.3) is 0 Å². The van der Waals surface area contributed by atoms with Gasteiger partial charge in [-0.15, -0.1) is 0 Å². The van der Waals surface area contributed by atoms with E-state index in [0.29, 0.717) is 11.8 Å². The molecule has 1 saturated heterocycles. The van der Waals surface area contributed by atoms with Crippen molar-refractivity contribution in [2.45, 2.75) is 56.9 Å². The van der Waals surface area contributed by atoms with Gasteiger partial charge in [0.05, 0.1) is 5.92 Å². The molecule has 0 radical (unpaired) electrons. The highest BCUT2D eigenvalue weighted by molar-refractivity contribution is 5.84. The van der Waals surface area contributed by atoms with Crippen LogP contribution in [0.3, 0.4) is 0 Å². The lowest BCUT2D eigenvalue weighted by Gasteiger charge is -2.26. The monoisotopic (exact) mass is 325 g/mol. The molecule has 2 aromatic rings. The zero-order valence-corrected chi connectivity index (χ0v) is 14.0. The maximum Gasteiger partial charge on any atom is 0.249 e. The van der Waals surface area contributed by atoms with Crippen molar-refractivity contribution in [2.24, 2.45) is 0 Å². The first-order valence-electron chi connectivity index (χ1n) is 8.97. The van der Waals surface area contributed by atoms with Gasteiger partial charge in [-0.3, -0.25) is 4.79 Å². The number of rotatable bonds is 5. The van der Waals surface area contributed by atoms with Crippen LogP contribution in [0.5, 0.6) is 0 Å². The Kier molecular flexibility index (Phi) is 4.08. The van der Waals surface area contributed by atoms with Crippen LogP contribution in [0, 0.1) is 0 Å². The summed E-state index contributed by atoms with van der Waals surface area (Å²) in [6.07, 6.45) is 4.99. The molecule has 1 aromatic carbocycles. The summed E-state index contributed by atoms with van der Waals surface area (Å²) in [6, 6.07) is 9.98. The molecule has 5 nitrogen and oxygen atoms in total. The number of carbonyl (C=O) groups is 1. The minimum Gasteiger partial charge on any atom is -0.337 e. The number of carbonyl (C=O) groups excluding carboxylic acids is 1. The summed E-state index contributed by atoms with van der Waals surface area (Å²) < 4.78 is 5.49. The van der Waals surface area contributed by atoms with Crippen molar-refractivity contribution in [3.8, 4) is 0 Å². The quantitative estimate of drug-likeness (QED) is 0.839. The highest BCUT2D eigenvalue weighted by atomic mass is 16.5. The van der Waals surface area contributed by atoms with E-state index in [0.717, 1.165) is 50.0 Å². The Labute approximate surface area is 142 Å². The fourth-order valence-electron chi connectivity index (χ4n) is 3.62. The molecular formula is C19H23N3O2. The fourth-order valence-corrected chi connectivity index (χ4v) is 3.62. The van der Waals surface area contributed by atoms with Crippen LogP contribution in [-0.2, 0) is 4.79 Å². The van der Waals surface area contributed by atoms with Gasteiger partial charge in [0.25, 0.3) is 0 Å². The van der Waals surface area contributed by atoms with E-state index in [1.807, 2.05) is 35.2 Å². The van der Waals surface area contributed by atoms with Gasteiger partial charge in [-0.05, 0) is 37.7 Å². The first-order valence-corrected chi connectivity index (χ1v) is 8.97. The Balaban J connectivity index is 1.55. The summed E-state index contributed by atoms with van der Waals surface area (Å²) in [7, 11) is 0. The largest absolute Gasteiger partial charge is 0.337 e. The molecule has 2 unspecified atom stereocenters. The molecule has 24 heavy (non-hydrogen) atoms. The maximum atomic E-state index is 13.1. The highest BCUT2D eigenvalue weighted by Gasteiger charge is 2.38. The van der Waals surface area contributed by atoms with Gasteiger partial charge >= 0.3 is 0 Å². The Hall–Kier alpha value is -2.17. The molecule has 0 bridgehead atoms. The summed E-state index contributed by atoms with van der Waals surface area (Å²) in [4.78, 5) is 19.7. The maximum absolute atomic E-state index is 13.1. The van der Waals surface area contributed by atoms with Gasteiger partial charge in [-0.2, -0.15) is 4.98 Å². The molecule has 1 saturated carbocycles. The second kappa shape index (κ2) is 6.38. The SMILES string of the molecule is CCC(C(=O)N1CCCC1c1nc(C2CC2)no1)c1ccccc1. The molecule has 5 heteroatoms. The lowest BCUT2D eigenvalue weighted by atomic mass is 9.94. The Morgan fingerprint density at radius 3 is 2.79 bits per heavy atom. The highest BCUT2D eigenvalue weighted by Crippen LogP contribution is 2.40. The van der Waals surface area contributed by atoms with Gasteiger partial charge < -0.3 is 9.42 Å². The van der Waals surface area contributed by atoms with Gasteiger partial charge in [-0.1, -0.05) is 42.4 Å². The third-order valence-electron chi connectivity index (χ3n) is 5.13. The van der Waals surface area contributed by atoms with Crippen LogP contribution in [0.4, 0.5) is 0 Å². The molecule has 1 aromatic heterocycles. The molecule has 2 fully saturated rings. The number of hydrogen-bond donors (Lipinski definition) is 0. The standard InChI is InChI=1S/C19H23N3O2/c1-2-15(13-7-4-3-5-8-13)19(23)22-12-6-9-16(22)18-20-17(21-24-18)14-10-11-14/h3-5,7-8,14-16H,2,6,9-12H2,1H3. The molecule has 2 aliphatic rings. The predicted octanol–water partition coefficient (Wildman–Crippen LogP) is 3.80. The second-order valence-corrected chi connectivity index (χ2v) is 6.83. The average Bonchev–Trinajstić information content (AvgIpc) is 3.15. The Bertz CT molecular complexity index is 708. The van der Waals surface area contributed by atoms with E-state index in [9.17, 15) is 4.79 Å². The van der Waals surface area contributed by atoms with Gasteiger partial charge in [0, 0.05) is 12.5 Å². The number of likely N-dealkylation sites (tertiary alicyclic amines) is 1. The summed E-state index contributed by atoms with van der Waals surface area (Å²) in [5, 5.41) is 4.12. The van der Waals surface area contributed by atoms with Crippen LogP contribution < -0.4 is 0 Å². The minimum atomic E-state index is -0.0994. The summed E-state index contributed by atoms with van der Waals surface area (Å²) in [5.41, 5.74) is 1.08. The number of nitrogens with zero attached hydrogens (tertiary/aromatic N) is 3. The van der Waals surface area contributed by atoms with Gasteiger partial charge in [0.1, 0.15) is 6.04 Å². The third kappa shape index (κ3) is 2.83. The molecule has 0 spiro atoms. The molecular weight excluding hydrogens is 302 g/mol. The zero-order chi connectivity index (χ0) is 16.5. The van der Waals surface area contributed by atoms with Crippen LogP contribution >= 0.6 is 0 Å². The summed E-state index contributed by atoms with van der Waals surface area (Å²) in [5.74, 6) is 1.99. The molecule has 1 aliphatic heterocycles. The Morgan fingerprint density at radius 2 is 2.08 bits per heavy atom. The van der Waals surface area contributed by atoms with Crippen molar-refractivity contribution in [2.75, 3.05) is 6.54 Å². The number of amides is 1. The zero-order valence-electron chi connectivity index (χ0n) is 14.0. The molecule has 126 valence electrons. The normalized spacial score (nSPS) is 21.9. The van der Waals surface area contributed by atoms with E-state index in [1.54, 1.807) is 0 Å². The van der Waals surface area contributed by atoms with Crippen LogP contribution in [0.1, 0.15) is 74.2 Å². The van der Waals surface area contributed by atoms with Crippen LogP contribution in [0.15, 0.2) is 34.9 Å². The molecule has 0 N–H and O–H groups in total. The van der Waals surface area contributed by atoms with Crippen molar-refractivity contribution in [3.63, 3.8) is 0 Å². The van der Waals surface area contributed by atoms with E-state index in [4.69, 9.17) is 4.52 Å². The topological polar surface area (TPSA) is 59.2 Å². The average molecular weight is 325 g/mol. The smallest absolute Gasteiger partial charge is 0.249 e. The van der Waals surface area contributed by atoms with Crippen molar-refractivity contribution in [1.82, 2.24) is 15.0 Å². The first kappa shape index (κ1) is 15.4. The number of hydrogen-bond acceptors (Lipinski definition) is 4. The lowest BCUT2D eigenvalue weighted by molar-refractivity contribution is -0.134. The summed E-state index contributed by atoms with van der Waals surface area (Å²) >= 11 is 0. The van der Waals surface area contributed by atoms with E-state index in [1.165, 1.54) is 0 Å². The predicted molar refractivity (Wildman–Crippen MR) is 89.4 cm³/mol. The number of benzene rings is 1. The van der Waals surface area contributed by atoms with Crippen LogP contribution in [-0.4, -0.2) is 27.5 Å². The van der Waals surface area contributed by atoms with Crippen molar-refractivity contribution >= 4 is 5.91 Å². The van der Waals surface area contributed by atoms with Gasteiger partial charge in [0.2, 0.25) is 11.8 Å². The molecule has 2 atom stereocenters. The molecule has 1 aliphatic carbocycles. The lowest BCUT2D eigenvalue weighted by Crippen LogP contribution is -2.34. The first-order chi connectivity index (χ1) is 11.8. The van der Waals surface area contributed by atoms with Gasteiger partial charge in [-0.25, -0.2) is 0 Å². The molecule has 4 rings (SSSR count). The van der Waals surface area contributed by atoms with Crippen LogP contribution in [0.2, 0.25) is 0 Å². The molecule has 1 amide bonds. The Morgan fingerprint density at radius 1 is 1.29 bits per heavy atom. The van der Waals surface area contributed by atoms with Crippen molar-refractivity contribution < 1.29 is 9.32 Å². The van der Waals surface area contributed by atoms with Crippen molar-refractivity contribution in [3.05, 3.63) is 47.6 Å². The van der Waals surface area contributed by atoms with Crippen molar-refractivity contribution in [1.29, 1.82) is 0 Å². The van der Waals surface area contributed by atoms with E-state index < -0.39 is 0 Å². The third-order valence-corrected chi connectivity index (χ3v) is 5.13. The van der Waals surface area contributed by atoms with E-state index in [2.05, 4.69) is 17.1 Å². The molecule has 2 heterocycles. The number of aromatic nitrogens is 2. The summed E-state index contributed by atoms with van der Waals surface area (Å²) in [6.45, 7) is 2.84. The van der Waals surface area contributed by atoms with E-state index in [-0.39, 0.29) is 17.9 Å². The fraction of sp³-hybridized carbons (Fsp3) is 0.526. The minimum absolute atomic E-state index is 0.0599.